The van der Waals surface area contributed by atoms with E-state index in [2.05, 4.69) is 0 Å². The van der Waals surface area contributed by atoms with Crippen LogP contribution in [0.15, 0.2) is 29.2 Å². The second kappa shape index (κ2) is 3.61. The smallest absolute Gasteiger partial charge is 0.246 e. The molecule has 4 nitrogen and oxygen atoms in total. The molecule has 1 saturated heterocycles. The van der Waals surface area contributed by atoms with Gasteiger partial charge in [-0.25, -0.2) is 12.8 Å². The summed E-state index contributed by atoms with van der Waals surface area (Å²) in [5, 5.41) is 0. The fourth-order valence-electron chi connectivity index (χ4n) is 2.67. The van der Waals surface area contributed by atoms with E-state index in [0.717, 1.165) is 6.07 Å². The van der Waals surface area contributed by atoms with E-state index in [0.29, 0.717) is 25.9 Å². The molecule has 1 aliphatic heterocycles. The fraction of sp³-hybridized carbons (Fsp3) is 0.417. The molecule has 1 aromatic rings. The summed E-state index contributed by atoms with van der Waals surface area (Å²) in [6.07, 6.45) is 0.909. The topological polar surface area (TPSA) is 54.5 Å². The summed E-state index contributed by atoms with van der Waals surface area (Å²) >= 11 is 0. The maximum Gasteiger partial charge on any atom is 0.246 e. The zero-order valence-corrected chi connectivity index (χ0v) is 10.4. The van der Waals surface area contributed by atoms with Crippen molar-refractivity contribution >= 4 is 15.8 Å². The van der Waals surface area contributed by atoms with E-state index < -0.39 is 15.8 Å². The van der Waals surface area contributed by atoms with Gasteiger partial charge in [0.1, 0.15) is 16.5 Å². The van der Waals surface area contributed by atoms with Crippen LogP contribution >= 0.6 is 0 Å². The number of carbonyl (C=O) groups excluding carboxylic acids is 1. The summed E-state index contributed by atoms with van der Waals surface area (Å²) in [7, 11) is -3.75. The van der Waals surface area contributed by atoms with Crippen molar-refractivity contribution in [2.45, 2.75) is 17.7 Å². The highest BCUT2D eigenvalue weighted by Gasteiger charge is 2.55. The number of Topliss-reactive ketones (excluding diaryl/α,β-unsaturated/α-hetero) is 1. The molecule has 0 N–H and O–H groups in total. The molecule has 96 valence electrons. The second-order valence-corrected chi connectivity index (χ2v) is 7.00. The van der Waals surface area contributed by atoms with Crippen molar-refractivity contribution in [3.05, 3.63) is 30.1 Å². The Kier molecular flexibility index (Phi) is 2.37. The number of hydrogen-bond acceptors (Lipinski definition) is 3. The fourth-order valence-corrected chi connectivity index (χ4v) is 4.40. The van der Waals surface area contributed by atoms with Crippen LogP contribution in [-0.2, 0) is 14.8 Å². The van der Waals surface area contributed by atoms with Crippen LogP contribution in [0.2, 0.25) is 0 Å². The van der Waals surface area contributed by atoms with E-state index in [1.54, 1.807) is 0 Å². The third-order valence-corrected chi connectivity index (χ3v) is 5.45. The lowest BCUT2D eigenvalue weighted by Gasteiger charge is -2.53. The van der Waals surface area contributed by atoms with Crippen molar-refractivity contribution < 1.29 is 17.6 Å². The maximum absolute atomic E-state index is 13.5. The quantitative estimate of drug-likeness (QED) is 0.810. The number of ketones is 1. The number of halogens is 1. The summed E-state index contributed by atoms with van der Waals surface area (Å²) < 4.78 is 39.0. The van der Waals surface area contributed by atoms with Gasteiger partial charge in [-0.05, 0) is 12.1 Å². The molecule has 6 heteroatoms. The Labute approximate surface area is 104 Å². The van der Waals surface area contributed by atoms with Gasteiger partial charge in [0.15, 0.2) is 0 Å². The largest absolute Gasteiger partial charge is 0.300 e. The van der Waals surface area contributed by atoms with Gasteiger partial charge in [0.05, 0.1) is 0 Å². The van der Waals surface area contributed by atoms with Crippen LogP contribution in [0.1, 0.15) is 12.8 Å². The molecule has 18 heavy (non-hydrogen) atoms. The first-order valence-corrected chi connectivity index (χ1v) is 7.13. The lowest BCUT2D eigenvalue weighted by Crippen LogP contribution is -2.63. The first kappa shape index (κ1) is 11.8. The molecule has 3 rings (SSSR count). The van der Waals surface area contributed by atoms with Crippen LogP contribution in [0.5, 0.6) is 0 Å². The summed E-state index contributed by atoms with van der Waals surface area (Å²) in [5.74, 6) is -0.555. The Bertz CT molecular complexity index is 610. The molecular formula is C12H12FNO3S. The molecule has 0 atom stereocenters. The van der Waals surface area contributed by atoms with Crippen molar-refractivity contribution in [3.63, 3.8) is 0 Å². The number of nitrogens with zero attached hydrogens (tertiary/aromatic N) is 1. The molecule has 1 saturated carbocycles. The average molecular weight is 269 g/mol. The highest BCUT2D eigenvalue weighted by molar-refractivity contribution is 7.89. The predicted molar refractivity (Wildman–Crippen MR) is 61.8 cm³/mol. The normalized spacial score (nSPS) is 22.6. The molecule has 2 fully saturated rings. The van der Waals surface area contributed by atoms with E-state index in [1.807, 2.05) is 0 Å². The van der Waals surface area contributed by atoms with Gasteiger partial charge < -0.3 is 0 Å². The molecular weight excluding hydrogens is 257 g/mol. The minimum atomic E-state index is -3.75. The molecule has 0 radical (unpaired) electrons. The Hall–Kier alpha value is -1.27. The van der Waals surface area contributed by atoms with Gasteiger partial charge in [0.2, 0.25) is 10.0 Å². The monoisotopic (exact) mass is 269 g/mol. The van der Waals surface area contributed by atoms with E-state index in [-0.39, 0.29) is 16.1 Å². The third-order valence-electron chi connectivity index (χ3n) is 3.62. The average Bonchev–Trinajstić information content (AvgIpc) is 2.21. The zero-order chi connectivity index (χ0) is 13.0. The van der Waals surface area contributed by atoms with Crippen molar-refractivity contribution in [2.24, 2.45) is 5.41 Å². The SMILES string of the molecule is O=C1CC2(C1)CN(S(=O)(=O)c1ccccc1F)C2. The van der Waals surface area contributed by atoms with Gasteiger partial charge in [0.25, 0.3) is 0 Å². The second-order valence-electron chi connectivity index (χ2n) is 5.10. The standard InChI is InChI=1S/C12H12FNO3S/c13-10-3-1-2-4-11(10)18(16,17)14-7-12(8-14)5-9(15)6-12/h1-4H,5-8H2. The van der Waals surface area contributed by atoms with Crippen molar-refractivity contribution in [1.82, 2.24) is 4.31 Å². The minimum absolute atomic E-state index is 0.157. The number of carbonyl (C=O) groups is 1. The molecule has 1 heterocycles. The predicted octanol–water partition coefficient (Wildman–Crippen LogP) is 1.18. The van der Waals surface area contributed by atoms with Crippen molar-refractivity contribution in [3.8, 4) is 0 Å². The Balaban J connectivity index is 1.82. The van der Waals surface area contributed by atoms with Crippen LogP contribution in [0.4, 0.5) is 4.39 Å². The lowest BCUT2D eigenvalue weighted by molar-refractivity contribution is -0.140. The highest BCUT2D eigenvalue weighted by atomic mass is 32.2. The Morgan fingerprint density at radius 3 is 2.33 bits per heavy atom. The molecule has 2 aliphatic rings. The minimum Gasteiger partial charge on any atom is -0.300 e. The van der Waals surface area contributed by atoms with Gasteiger partial charge in [-0.1, -0.05) is 12.1 Å². The molecule has 0 unspecified atom stereocenters. The Morgan fingerprint density at radius 1 is 1.17 bits per heavy atom. The van der Waals surface area contributed by atoms with Crippen LogP contribution in [0.25, 0.3) is 0 Å². The number of hydrogen-bond donors (Lipinski definition) is 0. The van der Waals surface area contributed by atoms with Gasteiger partial charge in [-0.15, -0.1) is 0 Å². The van der Waals surface area contributed by atoms with Gasteiger partial charge in [-0.3, -0.25) is 4.79 Å². The summed E-state index contributed by atoms with van der Waals surface area (Å²) in [5.41, 5.74) is -0.157. The molecule has 0 amide bonds. The summed E-state index contributed by atoms with van der Waals surface area (Å²) in [4.78, 5) is 10.7. The van der Waals surface area contributed by atoms with Crippen molar-refractivity contribution in [1.29, 1.82) is 0 Å². The van der Waals surface area contributed by atoms with Crippen LogP contribution in [-0.4, -0.2) is 31.6 Å². The summed E-state index contributed by atoms with van der Waals surface area (Å²) in [6, 6.07) is 5.35. The number of sulfonamides is 1. The molecule has 0 aromatic heterocycles. The van der Waals surface area contributed by atoms with Crippen molar-refractivity contribution in [2.75, 3.05) is 13.1 Å². The zero-order valence-electron chi connectivity index (χ0n) is 9.60. The van der Waals surface area contributed by atoms with Crippen LogP contribution in [0, 0.1) is 11.2 Å². The highest BCUT2D eigenvalue weighted by Crippen LogP contribution is 2.47. The molecule has 1 spiro atoms. The molecule has 1 aliphatic carbocycles. The van der Waals surface area contributed by atoms with E-state index >= 15 is 0 Å². The van der Waals surface area contributed by atoms with Crippen LogP contribution < -0.4 is 0 Å². The van der Waals surface area contributed by atoms with Gasteiger partial charge >= 0.3 is 0 Å². The van der Waals surface area contributed by atoms with E-state index in [9.17, 15) is 17.6 Å². The Morgan fingerprint density at radius 2 is 1.78 bits per heavy atom. The maximum atomic E-state index is 13.5. The van der Waals surface area contributed by atoms with Crippen LogP contribution in [0.3, 0.4) is 0 Å². The number of benzene rings is 1. The van der Waals surface area contributed by atoms with Gasteiger partial charge in [-0.2, -0.15) is 4.31 Å². The van der Waals surface area contributed by atoms with E-state index in [4.69, 9.17) is 0 Å². The third kappa shape index (κ3) is 1.59. The first-order chi connectivity index (χ1) is 8.43. The van der Waals surface area contributed by atoms with E-state index in [1.165, 1.54) is 22.5 Å². The first-order valence-electron chi connectivity index (χ1n) is 5.69. The van der Waals surface area contributed by atoms with Gasteiger partial charge in [0, 0.05) is 31.3 Å². The lowest BCUT2D eigenvalue weighted by atomic mass is 9.64. The summed E-state index contributed by atoms with van der Waals surface area (Å²) in [6.45, 7) is 0.658. The molecule has 0 bridgehead atoms. The molecule has 1 aromatic carbocycles. The number of rotatable bonds is 2.